The van der Waals surface area contributed by atoms with Gasteiger partial charge in [-0.3, -0.25) is 4.99 Å². The van der Waals surface area contributed by atoms with Crippen LogP contribution in [0.15, 0.2) is 88.5 Å². The summed E-state index contributed by atoms with van der Waals surface area (Å²) < 4.78 is 12.6. The number of carbonyl (C=O) groups excluding carboxylic acids is 1. The molecule has 4 unspecified atom stereocenters. The lowest BCUT2D eigenvalue weighted by Crippen LogP contribution is -3.00. The number of piperidine rings is 1. The number of carbonyl (C=O) groups is 1. The third-order valence-corrected chi connectivity index (χ3v) is 12.4. The number of epoxide rings is 1. The van der Waals surface area contributed by atoms with Gasteiger partial charge < -0.3 is 46.7 Å². The number of rotatable bonds is 4. The van der Waals surface area contributed by atoms with Gasteiger partial charge in [0.25, 0.3) is 0 Å². The molecular weight excluding hydrogens is 720 g/mol. The van der Waals surface area contributed by atoms with Crippen molar-refractivity contribution in [2.75, 3.05) is 25.5 Å². The van der Waals surface area contributed by atoms with Crippen LogP contribution in [0.5, 0.6) is 0 Å². The van der Waals surface area contributed by atoms with Crippen LogP contribution in [0.1, 0.15) is 45.3 Å². The highest BCUT2D eigenvalue weighted by molar-refractivity contribution is 7.12. The number of thiophene rings is 2. The van der Waals surface area contributed by atoms with Crippen LogP contribution in [0, 0.1) is 0 Å². The average Bonchev–Trinajstić information content (AvgIpc) is 3.39. The number of guanidine groups is 1. The van der Waals surface area contributed by atoms with E-state index in [1.54, 1.807) is 12.1 Å². The summed E-state index contributed by atoms with van der Waals surface area (Å²) in [5.41, 5.74) is 9.63. The topological polar surface area (TPSA) is 101 Å². The molecule has 12 heteroatoms. The fraction of sp³-hybridized carbons (Fsp3) is 0.371. The maximum atomic E-state index is 13.1. The van der Waals surface area contributed by atoms with Gasteiger partial charge in [0.05, 0.1) is 36.4 Å². The Morgan fingerprint density at radius 3 is 2.17 bits per heavy atom. The zero-order chi connectivity index (χ0) is 30.9. The minimum absolute atomic E-state index is 0. The van der Waals surface area contributed by atoms with Gasteiger partial charge in [-0.15, -0.1) is 35.1 Å². The number of hydrogen-bond donors (Lipinski definition) is 2. The molecule has 8 nitrogen and oxygen atoms in total. The number of aliphatic imine (C=N–C) groups is 1. The minimum Gasteiger partial charge on any atom is -1.00 e. The van der Waals surface area contributed by atoms with Crippen LogP contribution >= 0.6 is 35.1 Å². The number of esters is 1. The van der Waals surface area contributed by atoms with E-state index >= 15 is 0 Å². The van der Waals surface area contributed by atoms with Crippen molar-refractivity contribution in [2.45, 2.75) is 61.3 Å². The van der Waals surface area contributed by atoms with Crippen LogP contribution in [0.25, 0.3) is 0 Å². The number of morpholine rings is 1. The Morgan fingerprint density at radius 1 is 0.957 bits per heavy atom. The summed E-state index contributed by atoms with van der Waals surface area (Å²) in [5, 5.41) is 15.1. The molecule has 0 saturated carbocycles. The van der Waals surface area contributed by atoms with Gasteiger partial charge in [-0.05, 0) is 52.1 Å². The van der Waals surface area contributed by atoms with Gasteiger partial charge in [0.2, 0.25) is 5.60 Å². The molecule has 47 heavy (non-hydrogen) atoms. The number of nitrogens with two attached hydrogens (primary N) is 1. The highest BCUT2D eigenvalue weighted by atomic mass is 79.9. The average molecular weight is 758 g/mol. The Morgan fingerprint density at radius 2 is 1.55 bits per heavy atom. The largest absolute Gasteiger partial charge is 1.00 e. The Balaban J connectivity index is 0.000000164. The summed E-state index contributed by atoms with van der Waals surface area (Å²) in [6, 6.07) is 25.4. The van der Waals surface area contributed by atoms with E-state index < -0.39 is 11.6 Å². The standard InChI is InChI=1S/C19H22NO4S2.C16H15N3.BrH.ClH/c1-20(2)12-9-11(10-13(20)17-16(12)24-17)23-18(21)19(22,14-5-3-7-25-14)15-6-4-8-26-15;17-16-18-10-15-13-7-3-1-5-11(13)9-12-6-2-4-8-14(12)19(15)16;;/h3-8,11-13,16-17,22H,9-10H2,1-2H3;1-8,15H,9-10H2,(H2,17,18);2*1H/q+1;;;/p-1/t11?,12?,13?,16-,17+;;;. The Labute approximate surface area is 299 Å². The first-order valence-electron chi connectivity index (χ1n) is 15.5. The molecule has 7 heterocycles. The second-order valence-corrected chi connectivity index (χ2v) is 15.0. The van der Waals surface area contributed by atoms with Gasteiger partial charge in [0, 0.05) is 18.5 Å². The van der Waals surface area contributed by atoms with Crippen LogP contribution in [-0.4, -0.2) is 72.6 Å². The van der Waals surface area contributed by atoms with E-state index in [0.29, 0.717) is 40.0 Å². The smallest absolute Gasteiger partial charge is 0.349 e. The third-order valence-electron chi connectivity index (χ3n) is 10.4. The minimum atomic E-state index is -1.72. The monoisotopic (exact) mass is 756 g/mol. The molecule has 2 bridgehead atoms. The van der Waals surface area contributed by atoms with Crippen molar-refractivity contribution >= 4 is 52.7 Å². The number of anilines is 1. The zero-order valence-corrected chi connectivity index (χ0v) is 30.1. The van der Waals surface area contributed by atoms with Gasteiger partial charge in [-0.2, -0.15) is 0 Å². The molecule has 6 atom stereocenters. The number of aliphatic hydroxyl groups is 1. The van der Waals surface area contributed by atoms with Crippen LogP contribution in [0.2, 0.25) is 0 Å². The molecule has 4 aromatic rings. The van der Waals surface area contributed by atoms with Crippen molar-refractivity contribution in [2.24, 2.45) is 10.7 Å². The molecule has 248 valence electrons. The fourth-order valence-corrected chi connectivity index (χ4v) is 9.69. The number of likely N-dealkylation sites (N-methyl/N-ethyl adjacent to an activating group) is 1. The summed E-state index contributed by atoms with van der Waals surface area (Å²) >= 11 is 2.74. The number of para-hydroxylation sites is 1. The van der Waals surface area contributed by atoms with Crippen molar-refractivity contribution in [1.82, 2.24) is 0 Å². The van der Waals surface area contributed by atoms with Gasteiger partial charge in [0.15, 0.2) is 5.96 Å². The van der Waals surface area contributed by atoms with Crippen molar-refractivity contribution in [3.8, 4) is 0 Å². The second kappa shape index (κ2) is 12.9. The number of benzene rings is 2. The number of hydrogen-bond acceptors (Lipinski definition) is 9. The van der Waals surface area contributed by atoms with Crippen LogP contribution in [0.4, 0.5) is 5.69 Å². The Bertz CT molecular complexity index is 1710. The second-order valence-electron chi connectivity index (χ2n) is 13.1. The lowest BCUT2D eigenvalue weighted by Gasteiger charge is -2.45. The van der Waals surface area contributed by atoms with E-state index in [2.05, 4.69) is 72.5 Å². The van der Waals surface area contributed by atoms with Crippen molar-refractivity contribution in [3.63, 3.8) is 0 Å². The van der Waals surface area contributed by atoms with Gasteiger partial charge in [-0.25, -0.2) is 4.79 Å². The SMILES string of the molecule is C[N+]1(C)C2CC(OC(=O)C(O)(c3cccs3)c3cccs3)CC1[C@@H]1O[C@H]21.Cl.NC1=NCC2c3ccccc3Cc3ccccc3N12.[Br-]. The van der Waals surface area contributed by atoms with Crippen molar-refractivity contribution in [1.29, 1.82) is 0 Å². The van der Waals surface area contributed by atoms with Crippen LogP contribution in [-0.2, 0) is 26.3 Å². The van der Waals surface area contributed by atoms with Crippen molar-refractivity contribution in [3.05, 3.63) is 110 Å². The molecule has 5 aliphatic rings. The number of halogens is 2. The molecule has 2 aromatic heterocycles. The molecule has 0 spiro atoms. The molecule has 9 rings (SSSR count). The first-order valence-corrected chi connectivity index (χ1v) is 17.3. The summed E-state index contributed by atoms with van der Waals surface area (Å²) in [5.74, 6) is 0.0720. The van der Waals surface area contributed by atoms with Crippen molar-refractivity contribution < 1.29 is 40.8 Å². The third kappa shape index (κ3) is 5.63. The van der Waals surface area contributed by atoms with Crippen LogP contribution in [0.3, 0.4) is 0 Å². The van der Waals surface area contributed by atoms with E-state index in [1.807, 2.05) is 22.9 Å². The lowest BCUT2D eigenvalue weighted by atomic mass is 9.95. The van der Waals surface area contributed by atoms with Gasteiger partial charge in [-0.1, -0.05) is 54.6 Å². The normalized spacial score (nSPS) is 27.1. The number of quaternary nitrogens is 1. The first kappa shape index (κ1) is 34.1. The molecule has 3 saturated heterocycles. The summed E-state index contributed by atoms with van der Waals surface area (Å²) in [6.45, 7) is 0.747. The number of fused-ring (bicyclic) bond motifs is 10. The fourth-order valence-electron chi connectivity index (χ4n) is 7.98. The summed E-state index contributed by atoms with van der Waals surface area (Å²) in [7, 11) is 4.49. The van der Waals surface area contributed by atoms with Gasteiger partial charge >= 0.3 is 5.97 Å². The van der Waals surface area contributed by atoms with E-state index in [-0.39, 0.29) is 41.5 Å². The highest BCUT2D eigenvalue weighted by Gasteiger charge is 2.71. The Kier molecular flexibility index (Phi) is 9.38. The predicted octanol–water partition coefficient (Wildman–Crippen LogP) is 2.24. The molecule has 0 aliphatic carbocycles. The van der Waals surface area contributed by atoms with E-state index in [9.17, 15) is 9.90 Å². The highest BCUT2D eigenvalue weighted by Crippen LogP contribution is 2.52. The first-order chi connectivity index (χ1) is 21.8. The van der Waals surface area contributed by atoms with E-state index in [1.165, 1.54) is 45.1 Å². The number of nitrogens with zero attached hydrogens (tertiary/aromatic N) is 3. The lowest BCUT2D eigenvalue weighted by molar-refractivity contribution is -0.938. The summed E-state index contributed by atoms with van der Waals surface area (Å²) in [4.78, 5) is 21.0. The molecule has 0 radical (unpaired) electrons. The number of ether oxygens (including phenoxy) is 2. The van der Waals surface area contributed by atoms with Crippen LogP contribution < -0.4 is 27.6 Å². The van der Waals surface area contributed by atoms with Gasteiger partial charge in [0.1, 0.15) is 30.4 Å². The molecule has 3 fully saturated rings. The quantitative estimate of drug-likeness (QED) is 0.188. The maximum absolute atomic E-state index is 13.1. The molecular formula is C35H38BrClN4O4S2. The van der Waals surface area contributed by atoms with E-state index in [0.717, 1.165) is 30.3 Å². The molecule has 3 N–H and O–H groups in total. The molecule has 2 aromatic carbocycles. The van der Waals surface area contributed by atoms with E-state index in [4.69, 9.17) is 15.2 Å². The zero-order valence-electron chi connectivity index (χ0n) is 26.1. The molecule has 5 aliphatic heterocycles. The molecule has 0 amide bonds. The summed E-state index contributed by atoms with van der Waals surface area (Å²) in [6.07, 6.45) is 3.01. The Hall–Kier alpha value is -2.77. The maximum Gasteiger partial charge on any atom is 0.349 e. The predicted molar refractivity (Wildman–Crippen MR) is 184 cm³/mol.